The van der Waals surface area contributed by atoms with Crippen molar-refractivity contribution in [1.29, 1.82) is 0 Å². The van der Waals surface area contributed by atoms with E-state index in [4.69, 9.17) is 4.52 Å². The molecule has 2 aliphatic rings. The van der Waals surface area contributed by atoms with Gasteiger partial charge in [-0.15, -0.1) is 0 Å². The summed E-state index contributed by atoms with van der Waals surface area (Å²) < 4.78 is 7.05. The van der Waals surface area contributed by atoms with E-state index in [1.807, 2.05) is 39.5 Å². The predicted octanol–water partition coefficient (Wildman–Crippen LogP) is 2.45. The average molecular weight is 399 g/mol. The van der Waals surface area contributed by atoms with Gasteiger partial charge in [-0.1, -0.05) is 12.1 Å². The molecule has 0 radical (unpaired) electrons. The lowest BCUT2D eigenvalue weighted by molar-refractivity contribution is -0.132. The van der Waals surface area contributed by atoms with Gasteiger partial charge in [0.05, 0.1) is 23.4 Å². The number of hydrogen-bond donors (Lipinski definition) is 1. The van der Waals surface area contributed by atoms with E-state index in [2.05, 4.69) is 15.6 Å². The second-order valence-electron chi connectivity index (χ2n) is 8.57. The topological polar surface area (TPSA) is 93.3 Å². The quantitative estimate of drug-likeness (QED) is 0.805. The number of nitrogens with one attached hydrogen (secondary N) is 1. The zero-order chi connectivity index (χ0) is 20.9. The molecule has 1 aliphatic carbocycles. The molecule has 2 fully saturated rings. The van der Waals surface area contributed by atoms with Crippen molar-refractivity contribution in [3.63, 3.8) is 0 Å². The fourth-order valence-electron chi connectivity index (χ4n) is 4.60. The molecule has 1 saturated heterocycles. The number of carbonyl (C=O) groups is 2. The first-order valence-corrected chi connectivity index (χ1v) is 10.4. The van der Waals surface area contributed by atoms with E-state index in [9.17, 15) is 9.59 Å². The molecule has 4 atom stereocenters. The second kappa shape index (κ2) is 7.31. The maximum absolute atomic E-state index is 13.1. The first-order chi connectivity index (χ1) is 13.8. The van der Waals surface area contributed by atoms with Crippen LogP contribution in [0.1, 0.15) is 66.5 Å². The maximum atomic E-state index is 13.1. The van der Waals surface area contributed by atoms with Crippen LogP contribution in [0.15, 0.2) is 16.9 Å². The number of piperidine rings is 1. The van der Waals surface area contributed by atoms with Crippen LogP contribution in [-0.2, 0) is 4.79 Å². The van der Waals surface area contributed by atoms with Crippen LogP contribution in [0, 0.1) is 25.7 Å². The Morgan fingerprint density at radius 2 is 1.97 bits per heavy atom. The van der Waals surface area contributed by atoms with Gasteiger partial charge in [0, 0.05) is 48.8 Å². The Labute approximate surface area is 170 Å². The summed E-state index contributed by atoms with van der Waals surface area (Å²) >= 11 is 0. The minimum Gasteiger partial charge on any atom is -0.361 e. The lowest BCUT2D eigenvalue weighted by Gasteiger charge is -2.25. The van der Waals surface area contributed by atoms with Gasteiger partial charge in [0.2, 0.25) is 5.91 Å². The summed E-state index contributed by atoms with van der Waals surface area (Å²) in [7, 11) is 0. The van der Waals surface area contributed by atoms with Crippen molar-refractivity contribution in [2.75, 3.05) is 13.1 Å². The van der Waals surface area contributed by atoms with Gasteiger partial charge in [0.15, 0.2) is 0 Å². The SMILES string of the molecule is CCC(C(=O)N1C[C@@H]2C(NC(=O)c3cnn(C(C)C)c3)[C@@H]2C1)c1c(C)noc1C. The number of aryl methyl sites for hydroxylation is 2. The fraction of sp³-hybridized carbons (Fsp3) is 0.619. The summed E-state index contributed by atoms with van der Waals surface area (Å²) in [6.45, 7) is 11.2. The third kappa shape index (κ3) is 3.45. The number of fused-ring (bicyclic) bond motifs is 1. The molecular formula is C21H29N5O3. The smallest absolute Gasteiger partial charge is 0.254 e. The first-order valence-electron chi connectivity index (χ1n) is 10.4. The molecule has 8 nitrogen and oxygen atoms in total. The van der Waals surface area contributed by atoms with E-state index in [-0.39, 0.29) is 29.8 Å². The Bertz CT molecular complexity index is 899. The van der Waals surface area contributed by atoms with Gasteiger partial charge >= 0.3 is 0 Å². The molecule has 4 rings (SSSR count). The van der Waals surface area contributed by atoms with Crippen LogP contribution in [0.4, 0.5) is 0 Å². The first kappa shape index (κ1) is 19.7. The summed E-state index contributed by atoms with van der Waals surface area (Å²) in [5.74, 6) is 1.23. The van der Waals surface area contributed by atoms with Crippen LogP contribution in [0.25, 0.3) is 0 Å². The number of carbonyl (C=O) groups excluding carboxylic acids is 2. The number of rotatable bonds is 6. The summed E-state index contributed by atoms with van der Waals surface area (Å²) in [6, 6.07) is 0.369. The Morgan fingerprint density at radius 3 is 2.48 bits per heavy atom. The second-order valence-corrected chi connectivity index (χ2v) is 8.57. The van der Waals surface area contributed by atoms with E-state index < -0.39 is 0 Å². The van der Waals surface area contributed by atoms with Gasteiger partial charge in [0.25, 0.3) is 5.91 Å². The highest BCUT2D eigenvalue weighted by molar-refractivity contribution is 5.94. The molecule has 1 saturated carbocycles. The Balaban J connectivity index is 1.35. The molecule has 3 heterocycles. The molecule has 0 aromatic carbocycles. The average Bonchev–Trinajstić information content (AvgIpc) is 3.16. The summed E-state index contributed by atoms with van der Waals surface area (Å²) in [5, 5.41) is 11.4. The summed E-state index contributed by atoms with van der Waals surface area (Å²) in [6.07, 6.45) is 4.11. The number of aromatic nitrogens is 3. The Hall–Kier alpha value is -2.64. The van der Waals surface area contributed by atoms with Gasteiger partial charge < -0.3 is 14.7 Å². The van der Waals surface area contributed by atoms with Gasteiger partial charge in [-0.3, -0.25) is 14.3 Å². The van der Waals surface area contributed by atoms with Crippen LogP contribution in [-0.4, -0.2) is 50.8 Å². The zero-order valence-corrected chi connectivity index (χ0v) is 17.7. The zero-order valence-electron chi connectivity index (χ0n) is 17.7. The highest BCUT2D eigenvalue weighted by atomic mass is 16.5. The molecule has 1 N–H and O–H groups in total. The van der Waals surface area contributed by atoms with E-state index in [1.54, 1.807) is 17.1 Å². The Morgan fingerprint density at radius 1 is 1.28 bits per heavy atom. The third-order valence-electron chi connectivity index (χ3n) is 6.34. The highest BCUT2D eigenvalue weighted by Gasteiger charge is 2.57. The van der Waals surface area contributed by atoms with Gasteiger partial charge in [0.1, 0.15) is 5.76 Å². The lowest BCUT2D eigenvalue weighted by atomic mass is 9.93. The van der Waals surface area contributed by atoms with Crippen LogP contribution < -0.4 is 5.32 Å². The molecule has 1 aliphatic heterocycles. The van der Waals surface area contributed by atoms with E-state index >= 15 is 0 Å². The molecule has 2 aromatic heterocycles. The molecule has 8 heteroatoms. The number of amides is 2. The molecule has 2 amide bonds. The van der Waals surface area contributed by atoms with Crippen molar-refractivity contribution in [3.05, 3.63) is 35.0 Å². The van der Waals surface area contributed by atoms with Gasteiger partial charge in [-0.25, -0.2) is 0 Å². The molecule has 2 unspecified atom stereocenters. The van der Waals surface area contributed by atoms with Crippen molar-refractivity contribution >= 4 is 11.8 Å². The van der Waals surface area contributed by atoms with Crippen molar-refractivity contribution in [2.24, 2.45) is 11.8 Å². The van der Waals surface area contributed by atoms with Gasteiger partial charge in [-0.2, -0.15) is 5.10 Å². The molecule has 0 spiro atoms. The van der Waals surface area contributed by atoms with E-state index in [0.717, 1.165) is 17.0 Å². The van der Waals surface area contributed by atoms with Crippen molar-refractivity contribution < 1.29 is 14.1 Å². The number of hydrogen-bond acceptors (Lipinski definition) is 5. The van der Waals surface area contributed by atoms with Crippen molar-refractivity contribution in [2.45, 2.75) is 59.0 Å². The summed E-state index contributed by atoms with van der Waals surface area (Å²) in [4.78, 5) is 27.6. The number of likely N-dealkylation sites (tertiary alicyclic amines) is 1. The minimum absolute atomic E-state index is 0.0867. The highest BCUT2D eigenvalue weighted by Crippen LogP contribution is 2.46. The predicted molar refractivity (Wildman–Crippen MR) is 106 cm³/mol. The fourth-order valence-corrected chi connectivity index (χ4v) is 4.60. The van der Waals surface area contributed by atoms with Crippen LogP contribution in [0.3, 0.4) is 0 Å². The molecule has 0 bridgehead atoms. The van der Waals surface area contributed by atoms with Crippen LogP contribution in [0.2, 0.25) is 0 Å². The summed E-state index contributed by atoms with van der Waals surface area (Å²) in [5.41, 5.74) is 2.30. The lowest BCUT2D eigenvalue weighted by Crippen LogP contribution is -2.39. The van der Waals surface area contributed by atoms with Crippen molar-refractivity contribution in [3.8, 4) is 0 Å². The monoisotopic (exact) mass is 399 g/mol. The van der Waals surface area contributed by atoms with Gasteiger partial charge in [-0.05, 0) is 34.1 Å². The normalized spacial score (nSPS) is 23.9. The molecule has 156 valence electrons. The standard InChI is InChI=1S/C21H29N5O3/c1-6-15(18-12(4)24-29-13(18)5)21(28)25-9-16-17(10-25)19(16)23-20(27)14-7-22-26(8-14)11(2)3/h7-8,11,15-17,19H,6,9-10H2,1-5H3,(H,23,27)/t15?,16-,17+,19?. The minimum atomic E-state index is -0.214. The van der Waals surface area contributed by atoms with E-state index in [0.29, 0.717) is 36.9 Å². The van der Waals surface area contributed by atoms with Crippen LogP contribution in [0.5, 0.6) is 0 Å². The largest absolute Gasteiger partial charge is 0.361 e. The molecule has 29 heavy (non-hydrogen) atoms. The number of nitrogens with zero attached hydrogens (tertiary/aromatic N) is 4. The van der Waals surface area contributed by atoms with E-state index in [1.165, 1.54) is 0 Å². The Kier molecular flexibility index (Phi) is 4.96. The van der Waals surface area contributed by atoms with Crippen LogP contribution >= 0.6 is 0 Å². The third-order valence-corrected chi connectivity index (χ3v) is 6.34. The molecular weight excluding hydrogens is 370 g/mol. The molecule has 2 aromatic rings. The maximum Gasteiger partial charge on any atom is 0.254 e. The van der Waals surface area contributed by atoms with Crippen molar-refractivity contribution in [1.82, 2.24) is 25.2 Å².